The molecule has 8 nitrogen and oxygen atoms in total. The monoisotopic (exact) mass is 341 g/mol. The minimum atomic E-state index is -4.70. The highest BCUT2D eigenvalue weighted by atomic mass is 19.4. The van der Waals surface area contributed by atoms with Gasteiger partial charge >= 0.3 is 6.18 Å². The highest BCUT2D eigenvalue weighted by Crippen LogP contribution is 2.31. The van der Waals surface area contributed by atoms with Crippen molar-refractivity contribution in [2.75, 3.05) is 23.4 Å². The van der Waals surface area contributed by atoms with Crippen molar-refractivity contribution in [3.63, 3.8) is 0 Å². The predicted molar refractivity (Wildman–Crippen MR) is 74.3 cm³/mol. The molecule has 0 aliphatic carbocycles. The third-order valence-corrected chi connectivity index (χ3v) is 3.12. The number of nitrogens with one attached hydrogen (secondary N) is 2. The zero-order valence-corrected chi connectivity index (χ0v) is 11.9. The molecule has 126 valence electrons. The Morgan fingerprint density at radius 1 is 1.38 bits per heavy atom. The molecular formula is C13H10F3N5O3. The Morgan fingerprint density at radius 2 is 2.12 bits per heavy atom. The number of alkyl halides is 3. The largest absolute Gasteiger partial charge is 0.482 e. The van der Waals surface area contributed by atoms with Gasteiger partial charge in [-0.2, -0.15) is 18.2 Å². The van der Waals surface area contributed by atoms with E-state index in [1.807, 2.05) is 0 Å². The number of aromatic nitrogens is 3. The molecule has 0 spiro atoms. The summed E-state index contributed by atoms with van der Waals surface area (Å²) in [5.74, 6) is -2.61. The highest BCUT2D eigenvalue weighted by molar-refractivity contribution is 6.04. The topological polar surface area (TPSA) is 100 Å². The minimum absolute atomic E-state index is 0.233. The fraction of sp³-hybridized carbons (Fsp3) is 0.231. The van der Waals surface area contributed by atoms with E-state index in [0.29, 0.717) is 11.4 Å². The Hall–Kier alpha value is -3.11. The molecule has 3 rings (SSSR count). The number of halogens is 3. The summed E-state index contributed by atoms with van der Waals surface area (Å²) in [6.45, 7) is -0.641. The molecule has 0 atom stereocenters. The van der Waals surface area contributed by atoms with Gasteiger partial charge in [-0.05, 0) is 12.1 Å². The number of nitrogens with zero attached hydrogens (tertiary/aromatic N) is 3. The van der Waals surface area contributed by atoms with E-state index in [-0.39, 0.29) is 6.61 Å². The molecule has 1 aromatic heterocycles. The van der Waals surface area contributed by atoms with Crippen molar-refractivity contribution in [2.24, 2.45) is 0 Å². The Balaban J connectivity index is 1.71. The summed E-state index contributed by atoms with van der Waals surface area (Å²) in [7, 11) is 0. The van der Waals surface area contributed by atoms with Crippen molar-refractivity contribution in [1.82, 2.24) is 15.2 Å². The van der Waals surface area contributed by atoms with Crippen LogP contribution in [-0.2, 0) is 15.8 Å². The number of para-hydroxylation sites is 2. The first-order valence-corrected chi connectivity index (χ1v) is 6.66. The lowest BCUT2D eigenvalue weighted by Gasteiger charge is -2.28. The van der Waals surface area contributed by atoms with E-state index >= 15 is 0 Å². The lowest BCUT2D eigenvalue weighted by molar-refractivity contribution is -0.144. The number of amides is 2. The van der Waals surface area contributed by atoms with Crippen molar-refractivity contribution in [3.05, 3.63) is 30.1 Å². The van der Waals surface area contributed by atoms with Crippen LogP contribution in [0.4, 0.5) is 24.8 Å². The van der Waals surface area contributed by atoms with Gasteiger partial charge in [-0.15, -0.1) is 5.10 Å². The Morgan fingerprint density at radius 3 is 2.83 bits per heavy atom. The van der Waals surface area contributed by atoms with Gasteiger partial charge in [-0.1, -0.05) is 12.1 Å². The molecule has 24 heavy (non-hydrogen) atoms. The molecule has 2 aromatic rings. The van der Waals surface area contributed by atoms with Gasteiger partial charge in [0.1, 0.15) is 12.3 Å². The van der Waals surface area contributed by atoms with E-state index in [2.05, 4.69) is 15.4 Å². The number of ether oxygens (including phenoxy) is 1. The number of aromatic amines is 1. The second-order valence-corrected chi connectivity index (χ2v) is 4.79. The van der Waals surface area contributed by atoms with Gasteiger partial charge in [0, 0.05) is 0 Å². The molecule has 0 saturated heterocycles. The van der Waals surface area contributed by atoms with Gasteiger partial charge < -0.3 is 4.74 Å². The summed E-state index contributed by atoms with van der Waals surface area (Å²) in [4.78, 5) is 28.2. The minimum Gasteiger partial charge on any atom is -0.482 e. The predicted octanol–water partition coefficient (Wildman–Crippen LogP) is 1.19. The van der Waals surface area contributed by atoms with Gasteiger partial charge in [0.05, 0.1) is 5.69 Å². The summed E-state index contributed by atoms with van der Waals surface area (Å²) in [5, 5.41) is 7.05. The summed E-state index contributed by atoms with van der Waals surface area (Å²) in [6.07, 6.45) is -4.70. The number of carbonyl (C=O) groups is 2. The molecule has 0 saturated carbocycles. The number of hydrogen-bond donors (Lipinski definition) is 2. The van der Waals surface area contributed by atoms with Gasteiger partial charge in [-0.25, -0.2) is 0 Å². The van der Waals surface area contributed by atoms with Crippen molar-refractivity contribution in [3.8, 4) is 5.75 Å². The molecule has 0 bridgehead atoms. The Labute approximate surface area is 132 Å². The smallest absolute Gasteiger partial charge is 0.451 e. The van der Waals surface area contributed by atoms with E-state index in [1.54, 1.807) is 29.4 Å². The van der Waals surface area contributed by atoms with Crippen molar-refractivity contribution < 1.29 is 27.5 Å². The van der Waals surface area contributed by atoms with Crippen LogP contribution in [0.25, 0.3) is 0 Å². The lowest BCUT2D eigenvalue weighted by Crippen LogP contribution is -2.43. The molecule has 1 aromatic carbocycles. The van der Waals surface area contributed by atoms with Crippen molar-refractivity contribution in [1.29, 1.82) is 0 Å². The maximum atomic E-state index is 12.4. The van der Waals surface area contributed by atoms with Crippen molar-refractivity contribution in [2.45, 2.75) is 6.18 Å². The van der Waals surface area contributed by atoms with Gasteiger partial charge in [0.15, 0.2) is 6.61 Å². The quantitative estimate of drug-likeness (QED) is 0.873. The zero-order chi connectivity index (χ0) is 17.3. The van der Waals surface area contributed by atoms with Gasteiger partial charge in [-0.3, -0.25) is 24.9 Å². The van der Waals surface area contributed by atoms with Crippen molar-refractivity contribution >= 4 is 23.5 Å². The average molecular weight is 341 g/mol. The first-order valence-electron chi connectivity index (χ1n) is 6.66. The summed E-state index contributed by atoms with van der Waals surface area (Å²) in [6, 6.07) is 6.60. The van der Waals surface area contributed by atoms with Crippen LogP contribution >= 0.6 is 0 Å². The molecule has 2 N–H and O–H groups in total. The standard InChI is InChI=1S/C13H10F3N5O3/c14-13(15,16)11-18-12(20-19-11)17-9(22)5-21-7-3-1-2-4-8(7)24-6-10(21)23/h1-4H,5-6H2,(H2,17,18,19,20,22). The molecule has 11 heteroatoms. The summed E-state index contributed by atoms with van der Waals surface area (Å²) >= 11 is 0. The second kappa shape index (κ2) is 5.83. The molecular weight excluding hydrogens is 331 g/mol. The van der Waals surface area contributed by atoms with Gasteiger partial charge in [0.25, 0.3) is 5.91 Å². The zero-order valence-electron chi connectivity index (χ0n) is 11.9. The third-order valence-electron chi connectivity index (χ3n) is 3.12. The van der Waals surface area contributed by atoms with Crippen LogP contribution in [0.5, 0.6) is 5.75 Å². The maximum absolute atomic E-state index is 12.4. The number of hydrogen-bond acceptors (Lipinski definition) is 5. The van der Waals surface area contributed by atoms with E-state index in [4.69, 9.17) is 4.74 Å². The van der Waals surface area contributed by atoms with Crippen LogP contribution in [0, 0.1) is 0 Å². The lowest BCUT2D eigenvalue weighted by atomic mass is 10.2. The summed E-state index contributed by atoms with van der Waals surface area (Å²) in [5.41, 5.74) is 0.398. The molecule has 2 heterocycles. The van der Waals surface area contributed by atoms with Gasteiger partial charge in [0.2, 0.25) is 17.7 Å². The molecule has 0 unspecified atom stereocenters. The fourth-order valence-corrected chi connectivity index (χ4v) is 2.08. The van der Waals surface area contributed by atoms with Crippen LogP contribution in [0.15, 0.2) is 24.3 Å². The van der Waals surface area contributed by atoms with Crippen LogP contribution in [0.2, 0.25) is 0 Å². The van der Waals surface area contributed by atoms with Crippen LogP contribution in [-0.4, -0.2) is 40.1 Å². The molecule has 1 aliphatic heterocycles. The molecule has 1 aliphatic rings. The molecule has 0 radical (unpaired) electrons. The number of H-pyrrole nitrogens is 1. The number of benzene rings is 1. The maximum Gasteiger partial charge on any atom is 0.451 e. The van der Waals surface area contributed by atoms with E-state index < -0.39 is 36.3 Å². The third kappa shape index (κ3) is 3.14. The number of fused-ring (bicyclic) bond motifs is 1. The average Bonchev–Trinajstić information content (AvgIpc) is 2.99. The Bertz CT molecular complexity index is 789. The number of anilines is 2. The number of rotatable bonds is 3. The molecule has 0 fully saturated rings. The first-order chi connectivity index (χ1) is 11.3. The first kappa shape index (κ1) is 15.8. The van der Waals surface area contributed by atoms with Crippen LogP contribution in [0.3, 0.4) is 0 Å². The molecule has 2 amide bonds. The van der Waals surface area contributed by atoms with E-state index in [1.165, 1.54) is 4.90 Å². The van der Waals surface area contributed by atoms with E-state index in [9.17, 15) is 22.8 Å². The van der Waals surface area contributed by atoms with Crippen LogP contribution < -0.4 is 15.0 Å². The Kier molecular flexibility index (Phi) is 3.83. The van der Waals surface area contributed by atoms with Crippen LogP contribution in [0.1, 0.15) is 5.82 Å². The fourth-order valence-electron chi connectivity index (χ4n) is 2.08. The normalized spacial score (nSPS) is 14.1. The number of carbonyl (C=O) groups excluding carboxylic acids is 2. The highest BCUT2D eigenvalue weighted by Gasteiger charge is 2.35. The summed E-state index contributed by atoms with van der Waals surface area (Å²) < 4.78 is 42.5. The SMILES string of the molecule is O=C(CN1C(=O)COc2ccccc21)Nc1n[nH]c(C(F)(F)F)n1. The van der Waals surface area contributed by atoms with E-state index in [0.717, 1.165) is 0 Å². The second-order valence-electron chi connectivity index (χ2n) is 4.79.